The van der Waals surface area contributed by atoms with Crippen LogP contribution in [0.15, 0.2) is 24.4 Å². The molecule has 0 radical (unpaired) electrons. The topological polar surface area (TPSA) is 118 Å². The average Bonchev–Trinajstić information content (AvgIpc) is 3.14. The maximum absolute atomic E-state index is 9.64. The zero-order valence-corrected chi connectivity index (χ0v) is 17.8. The van der Waals surface area contributed by atoms with Crippen LogP contribution in [0.25, 0.3) is 11.0 Å². The molecule has 3 N–H and O–H groups in total. The van der Waals surface area contributed by atoms with Crippen LogP contribution in [0, 0.1) is 11.3 Å². The van der Waals surface area contributed by atoms with Crippen molar-refractivity contribution >= 4 is 16.9 Å². The Morgan fingerprint density at radius 2 is 2.06 bits per heavy atom. The van der Waals surface area contributed by atoms with E-state index in [0.717, 1.165) is 51.3 Å². The normalized spacial score (nSPS) is 14.6. The predicted octanol–water partition coefficient (Wildman–Crippen LogP) is 1.91. The molecule has 1 aliphatic rings. The van der Waals surface area contributed by atoms with Gasteiger partial charge in [-0.05, 0) is 24.1 Å². The van der Waals surface area contributed by atoms with Crippen LogP contribution >= 0.6 is 0 Å². The van der Waals surface area contributed by atoms with E-state index < -0.39 is 0 Å². The number of fused-ring (bicyclic) bond motifs is 1. The molecule has 9 nitrogen and oxygen atoms in total. The molecule has 162 valence electrons. The fraction of sp³-hybridized carbons (Fsp3) is 0.455. The van der Waals surface area contributed by atoms with Crippen LogP contribution in [-0.4, -0.2) is 57.2 Å². The van der Waals surface area contributed by atoms with Crippen LogP contribution < -0.4 is 15.8 Å². The second kappa shape index (κ2) is 9.73. The third-order valence-corrected chi connectivity index (χ3v) is 5.43. The first-order valence-electron chi connectivity index (χ1n) is 10.7. The summed E-state index contributed by atoms with van der Waals surface area (Å²) >= 11 is 0. The molecule has 1 fully saturated rings. The first-order valence-corrected chi connectivity index (χ1v) is 10.7. The number of anilines is 1. The largest absolute Gasteiger partial charge is 0.463 e. The molecule has 1 aliphatic heterocycles. The van der Waals surface area contributed by atoms with Crippen LogP contribution in [0.1, 0.15) is 36.7 Å². The summed E-state index contributed by atoms with van der Waals surface area (Å²) in [5.41, 5.74) is 9.21. The van der Waals surface area contributed by atoms with E-state index in [4.69, 9.17) is 10.5 Å². The number of ether oxygens (including phenoxy) is 1. The van der Waals surface area contributed by atoms with Crippen molar-refractivity contribution in [2.45, 2.75) is 32.9 Å². The van der Waals surface area contributed by atoms with Gasteiger partial charge in [0.15, 0.2) is 5.65 Å². The van der Waals surface area contributed by atoms with Gasteiger partial charge < -0.3 is 20.4 Å². The summed E-state index contributed by atoms with van der Waals surface area (Å²) < 4.78 is 7.47. The van der Waals surface area contributed by atoms with Crippen molar-refractivity contribution in [3.05, 3.63) is 41.3 Å². The van der Waals surface area contributed by atoms with Crippen LogP contribution in [0.3, 0.4) is 0 Å². The molecule has 0 amide bonds. The summed E-state index contributed by atoms with van der Waals surface area (Å²) in [4.78, 5) is 15.8. The molecular formula is C22H28N8O. The van der Waals surface area contributed by atoms with Crippen LogP contribution in [0.5, 0.6) is 6.01 Å². The Morgan fingerprint density at radius 1 is 1.23 bits per heavy atom. The zero-order chi connectivity index (χ0) is 21.6. The lowest BCUT2D eigenvalue weighted by molar-refractivity contribution is 0.233. The number of nitrogens with one attached hydrogen (secondary N) is 1. The fourth-order valence-corrected chi connectivity index (χ4v) is 3.68. The van der Waals surface area contributed by atoms with E-state index in [2.05, 4.69) is 44.2 Å². The molecular weight excluding hydrogens is 392 g/mol. The Labute approximate surface area is 181 Å². The Kier molecular flexibility index (Phi) is 6.60. The van der Waals surface area contributed by atoms with Gasteiger partial charge in [0.25, 0.3) is 0 Å². The third kappa shape index (κ3) is 4.93. The summed E-state index contributed by atoms with van der Waals surface area (Å²) in [7, 11) is 0. The maximum atomic E-state index is 9.64. The van der Waals surface area contributed by atoms with Crippen molar-refractivity contribution in [1.82, 2.24) is 29.7 Å². The minimum absolute atomic E-state index is 0.238. The van der Waals surface area contributed by atoms with Gasteiger partial charge >= 0.3 is 6.01 Å². The number of hydrogen-bond acceptors (Lipinski definition) is 8. The Hall–Kier alpha value is -3.22. The highest BCUT2D eigenvalue weighted by molar-refractivity contribution is 5.88. The summed E-state index contributed by atoms with van der Waals surface area (Å²) in [5, 5.41) is 13.7. The van der Waals surface area contributed by atoms with Crippen molar-refractivity contribution in [2.75, 3.05) is 38.5 Å². The molecule has 9 heteroatoms. The van der Waals surface area contributed by atoms with Crippen LogP contribution in [0.2, 0.25) is 0 Å². The Balaban J connectivity index is 1.55. The number of rotatable bonds is 8. The summed E-state index contributed by atoms with van der Waals surface area (Å²) in [6.45, 7) is 8.09. The minimum atomic E-state index is 0.238. The highest BCUT2D eigenvalue weighted by Gasteiger charge is 2.16. The molecule has 0 bridgehead atoms. The third-order valence-electron chi connectivity index (χ3n) is 5.43. The fourth-order valence-electron chi connectivity index (χ4n) is 3.68. The number of unbranched alkanes of at least 4 members (excludes halogenated alkanes) is 1. The monoisotopic (exact) mass is 420 g/mol. The van der Waals surface area contributed by atoms with Crippen molar-refractivity contribution in [3.8, 4) is 12.1 Å². The maximum Gasteiger partial charge on any atom is 0.320 e. The van der Waals surface area contributed by atoms with Gasteiger partial charge in [0.2, 0.25) is 0 Å². The highest BCUT2D eigenvalue weighted by Crippen LogP contribution is 2.25. The van der Waals surface area contributed by atoms with E-state index in [1.54, 1.807) is 6.07 Å². The second-order valence-electron chi connectivity index (χ2n) is 7.74. The quantitative estimate of drug-likeness (QED) is 0.531. The summed E-state index contributed by atoms with van der Waals surface area (Å²) in [6, 6.07) is 8.30. The van der Waals surface area contributed by atoms with Crippen molar-refractivity contribution in [1.29, 1.82) is 5.26 Å². The number of nitrogen functional groups attached to an aromatic ring is 1. The van der Waals surface area contributed by atoms with Gasteiger partial charge in [0.05, 0.1) is 24.2 Å². The minimum Gasteiger partial charge on any atom is -0.463 e. The van der Waals surface area contributed by atoms with E-state index >= 15 is 0 Å². The van der Waals surface area contributed by atoms with Gasteiger partial charge in [-0.3, -0.25) is 9.88 Å². The number of piperazine rings is 1. The molecule has 4 heterocycles. The molecule has 0 aliphatic carbocycles. The van der Waals surface area contributed by atoms with Gasteiger partial charge in [-0.1, -0.05) is 19.4 Å². The lowest BCUT2D eigenvalue weighted by Crippen LogP contribution is -2.42. The van der Waals surface area contributed by atoms with Crippen LogP contribution in [-0.2, 0) is 13.1 Å². The first-order chi connectivity index (χ1) is 15.2. The molecule has 1 saturated heterocycles. The van der Waals surface area contributed by atoms with Crippen LogP contribution in [0.4, 0.5) is 5.82 Å². The average molecular weight is 421 g/mol. The van der Waals surface area contributed by atoms with E-state index in [1.165, 1.54) is 5.56 Å². The molecule has 31 heavy (non-hydrogen) atoms. The first kappa shape index (κ1) is 21.0. The summed E-state index contributed by atoms with van der Waals surface area (Å²) in [6.07, 6.45) is 3.84. The van der Waals surface area contributed by atoms with Crippen molar-refractivity contribution in [2.24, 2.45) is 0 Å². The Bertz CT molecular complexity index is 1060. The molecule has 3 aromatic rings. The van der Waals surface area contributed by atoms with E-state index in [-0.39, 0.29) is 6.01 Å². The second-order valence-corrected chi connectivity index (χ2v) is 7.74. The molecule has 0 aromatic carbocycles. The Morgan fingerprint density at radius 3 is 2.77 bits per heavy atom. The molecule has 0 spiro atoms. The van der Waals surface area contributed by atoms with Gasteiger partial charge in [0, 0.05) is 38.9 Å². The van der Waals surface area contributed by atoms with Gasteiger partial charge in [-0.2, -0.15) is 15.2 Å². The molecule has 0 saturated carbocycles. The van der Waals surface area contributed by atoms with E-state index in [1.807, 2.05) is 16.8 Å². The molecule has 4 rings (SSSR count). The number of nitrogens with two attached hydrogens (primary N) is 1. The molecule has 3 aromatic heterocycles. The lowest BCUT2D eigenvalue weighted by Gasteiger charge is -2.27. The number of aromatic nitrogens is 4. The van der Waals surface area contributed by atoms with Gasteiger partial charge in [0.1, 0.15) is 17.6 Å². The SMILES string of the molecule is CCCCOc1nc(N)c2cc(C#N)n(Cc3ccc(CN4CCNCC4)cn3)c2n1. The zero-order valence-electron chi connectivity index (χ0n) is 17.8. The number of pyridine rings is 1. The molecule has 0 unspecified atom stereocenters. The lowest BCUT2D eigenvalue weighted by atomic mass is 10.2. The standard InChI is InChI=1S/C22H28N8O/c1-2-3-10-31-22-27-20(24)19-11-18(12-23)30(21(19)28-22)15-17-5-4-16(13-26-17)14-29-8-6-25-7-9-29/h4-5,11,13,25H,2-3,6-10,14-15H2,1H3,(H2,24,27,28). The highest BCUT2D eigenvalue weighted by atomic mass is 16.5. The summed E-state index contributed by atoms with van der Waals surface area (Å²) in [5.74, 6) is 0.311. The van der Waals surface area contributed by atoms with E-state index in [9.17, 15) is 5.26 Å². The van der Waals surface area contributed by atoms with Crippen molar-refractivity contribution in [3.63, 3.8) is 0 Å². The van der Waals surface area contributed by atoms with Gasteiger partial charge in [-0.25, -0.2) is 0 Å². The van der Waals surface area contributed by atoms with Crippen molar-refractivity contribution < 1.29 is 4.74 Å². The predicted molar refractivity (Wildman–Crippen MR) is 119 cm³/mol. The number of nitrogens with zero attached hydrogens (tertiary/aromatic N) is 6. The molecule has 0 atom stereocenters. The van der Waals surface area contributed by atoms with E-state index in [0.29, 0.717) is 35.7 Å². The van der Waals surface area contributed by atoms with Gasteiger partial charge in [-0.15, -0.1) is 0 Å². The smallest absolute Gasteiger partial charge is 0.320 e. The number of hydrogen-bond donors (Lipinski definition) is 2. The number of nitriles is 1.